The van der Waals surface area contributed by atoms with Crippen molar-refractivity contribution in [1.29, 1.82) is 0 Å². The summed E-state index contributed by atoms with van der Waals surface area (Å²) in [5.41, 5.74) is 3.14. The average molecular weight is 277 g/mol. The summed E-state index contributed by atoms with van der Waals surface area (Å²) in [6, 6.07) is 1.88. The molecule has 5 heteroatoms. The Balaban J connectivity index is 1.94. The number of urea groups is 1. The van der Waals surface area contributed by atoms with Crippen molar-refractivity contribution in [2.24, 2.45) is 0 Å². The monoisotopic (exact) mass is 277 g/mol. The van der Waals surface area contributed by atoms with Crippen LogP contribution in [0.4, 0.5) is 4.79 Å². The molecule has 0 saturated carbocycles. The lowest BCUT2D eigenvalue weighted by Gasteiger charge is -2.34. The van der Waals surface area contributed by atoms with Gasteiger partial charge in [0, 0.05) is 25.0 Å². The Morgan fingerprint density at radius 3 is 3.00 bits per heavy atom. The van der Waals surface area contributed by atoms with Crippen LogP contribution in [0.3, 0.4) is 0 Å². The molecule has 0 aliphatic carbocycles. The molecule has 1 aromatic rings. The van der Waals surface area contributed by atoms with Crippen LogP contribution in [0.5, 0.6) is 0 Å². The van der Waals surface area contributed by atoms with E-state index < -0.39 is 0 Å². The highest BCUT2D eigenvalue weighted by Crippen LogP contribution is 2.16. The summed E-state index contributed by atoms with van der Waals surface area (Å²) in [6.45, 7) is 5.22. The van der Waals surface area contributed by atoms with Gasteiger partial charge in [0.1, 0.15) is 0 Å². The van der Waals surface area contributed by atoms with E-state index in [-0.39, 0.29) is 18.7 Å². The van der Waals surface area contributed by atoms with E-state index >= 15 is 0 Å². The van der Waals surface area contributed by atoms with Gasteiger partial charge in [0.05, 0.1) is 12.6 Å². The molecule has 2 heterocycles. The summed E-state index contributed by atoms with van der Waals surface area (Å²) >= 11 is 0. The number of piperidine rings is 1. The maximum atomic E-state index is 12.2. The standard InChI is InChI=1S/C15H23N3O2/c1-11-7-12(2)16-8-13(11)9-17-15(20)18-6-4-3-5-14(18)10-19/h7-8,14,19H,3-6,9-10H2,1-2H3,(H,17,20)/t14-/m0/s1. The fraction of sp³-hybridized carbons (Fsp3) is 0.600. The van der Waals surface area contributed by atoms with E-state index in [9.17, 15) is 9.90 Å². The molecule has 0 aromatic carbocycles. The molecule has 0 radical (unpaired) electrons. The summed E-state index contributed by atoms with van der Waals surface area (Å²) in [6.07, 6.45) is 4.78. The van der Waals surface area contributed by atoms with Crippen molar-refractivity contribution < 1.29 is 9.90 Å². The minimum absolute atomic E-state index is 0.0402. The molecule has 1 aliphatic heterocycles. The maximum Gasteiger partial charge on any atom is 0.317 e. The van der Waals surface area contributed by atoms with Crippen molar-refractivity contribution in [2.75, 3.05) is 13.2 Å². The lowest BCUT2D eigenvalue weighted by Crippen LogP contribution is -2.49. The fourth-order valence-electron chi connectivity index (χ4n) is 2.64. The second-order valence-electron chi connectivity index (χ2n) is 5.44. The average Bonchev–Trinajstić information content (AvgIpc) is 2.46. The minimum atomic E-state index is -0.0938. The van der Waals surface area contributed by atoms with Crippen molar-refractivity contribution in [2.45, 2.75) is 45.7 Å². The van der Waals surface area contributed by atoms with Crippen LogP contribution in [0.2, 0.25) is 0 Å². The third-order valence-electron chi connectivity index (χ3n) is 3.88. The van der Waals surface area contributed by atoms with Gasteiger partial charge in [-0.25, -0.2) is 4.79 Å². The van der Waals surface area contributed by atoms with Crippen LogP contribution in [0, 0.1) is 13.8 Å². The van der Waals surface area contributed by atoms with E-state index in [0.717, 1.165) is 42.6 Å². The molecule has 0 unspecified atom stereocenters. The first-order valence-electron chi connectivity index (χ1n) is 7.19. The molecular formula is C15H23N3O2. The van der Waals surface area contributed by atoms with Gasteiger partial charge in [-0.1, -0.05) is 0 Å². The largest absolute Gasteiger partial charge is 0.394 e. The maximum absolute atomic E-state index is 12.2. The Kier molecular flexibility index (Phi) is 4.95. The first kappa shape index (κ1) is 14.8. The summed E-state index contributed by atoms with van der Waals surface area (Å²) in [4.78, 5) is 18.2. The Bertz CT molecular complexity index is 476. The minimum Gasteiger partial charge on any atom is -0.394 e. The van der Waals surface area contributed by atoms with E-state index in [1.165, 1.54) is 0 Å². The molecule has 2 amide bonds. The van der Waals surface area contributed by atoms with Gasteiger partial charge < -0.3 is 15.3 Å². The van der Waals surface area contributed by atoms with Gasteiger partial charge in [-0.3, -0.25) is 4.98 Å². The number of aliphatic hydroxyl groups is 1. The summed E-state index contributed by atoms with van der Waals surface area (Å²) in [5, 5.41) is 12.3. The topological polar surface area (TPSA) is 65.5 Å². The number of rotatable bonds is 3. The SMILES string of the molecule is Cc1cc(C)c(CNC(=O)N2CCCC[C@H]2CO)cn1. The number of hydrogen-bond acceptors (Lipinski definition) is 3. The number of aryl methyl sites for hydroxylation is 2. The molecule has 2 N–H and O–H groups in total. The van der Waals surface area contributed by atoms with Crippen LogP contribution >= 0.6 is 0 Å². The number of nitrogens with zero attached hydrogens (tertiary/aromatic N) is 2. The first-order chi connectivity index (χ1) is 9.61. The fourth-order valence-corrected chi connectivity index (χ4v) is 2.64. The number of aliphatic hydroxyl groups excluding tert-OH is 1. The number of nitrogens with one attached hydrogen (secondary N) is 1. The summed E-state index contributed by atoms with van der Waals surface area (Å²) in [7, 11) is 0. The molecule has 1 aromatic heterocycles. The Morgan fingerprint density at radius 2 is 2.30 bits per heavy atom. The van der Waals surface area contributed by atoms with Crippen molar-refractivity contribution in [3.05, 3.63) is 29.1 Å². The first-order valence-corrected chi connectivity index (χ1v) is 7.19. The van der Waals surface area contributed by atoms with E-state index in [0.29, 0.717) is 6.54 Å². The highest BCUT2D eigenvalue weighted by atomic mass is 16.3. The number of likely N-dealkylation sites (tertiary alicyclic amines) is 1. The van der Waals surface area contributed by atoms with E-state index in [1.54, 1.807) is 4.90 Å². The third-order valence-corrected chi connectivity index (χ3v) is 3.88. The molecule has 1 saturated heterocycles. The zero-order chi connectivity index (χ0) is 14.5. The summed E-state index contributed by atoms with van der Waals surface area (Å²) < 4.78 is 0. The lowest BCUT2D eigenvalue weighted by molar-refractivity contribution is 0.108. The van der Waals surface area contributed by atoms with E-state index in [2.05, 4.69) is 10.3 Å². The van der Waals surface area contributed by atoms with Gasteiger partial charge in [-0.15, -0.1) is 0 Å². The smallest absolute Gasteiger partial charge is 0.317 e. The summed E-state index contributed by atoms with van der Waals surface area (Å²) in [5.74, 6) is 0. The van der Waals surface area contributed by atoms with Gasteiger partial charge in [0.2, 0.25) is 0 Å². The van der Waals surface area contributed by atoms with Crippen molar-refractivity contribution in [3.63, 3.8) is 0 Å². The molecule has 1 fully saturated rings. The van der Waals surface area contributed by atoms with Gasteiger partial charge >= 0.3 is 6.03 Å². The van der Waals surface area contributed by atoms with Crippen molar-refractivity contribution in [1.82, 2.24) is 15.2 Å². The molecule has 0 spiro atoms. The lowest BCUT2D eigenvalue weighted by atomic mass is 10.0. The number of aromatic nitrogens is 1. The predicted molar refractivity (Wildman–Crippen MR) is 77.4 cm³/mol. The van der Waals surface area contributed by atoms with Crippen LogP contribution in [0.25, 0.3) is 0 Å². The van der Waals surface area contributed by atoms with Crippen LogP contribution in [-0.4, -0.2) is 40.2 Å². The molecule has 1 atom stereocenters. The Labute approximate surface area is 120 Å². The molecule has 110 valence electrons. The second kappa shape index (κ2) is 6.70. The molecule has 0 bridgehead atoms. The number of amides is 2. The number of hydrogen-bond donors (Lipinski definition) is 2. The van der Waals surface area contributed by atoms with Gasteiger partial charge in [0.25, 0.3) is 0 Å². The zero-order valence-corrected chi connectivity index (χ0v) is 12.2. The number of pyridine rings is 1. The number of carbonyl (C=O) groups excluding carboxylic acids is 1. The second-order valence-corrected chi connectivity index (χ2v) is 5.44. The quantitative estimate of drug-likeness (QED) is 0.884. The van der Waals surface area contributed by atoms with Gasteiger partial charge in [0.15, 0.2) is 0 Å². The molecule has 5 nitrogen and oxygen atoms in total. The highest BCUT2D eigenvalue weighted by molar-refractivity contribution is 5.74. The van der Waals surface area contributed by atoms with Crippen molar-refractivity contribution >= 4 is 6.03 Å². The predicted octanol–water partition coefficient (Wildman–Crippen LogP) is 1.75. The number of carbonyl (C=O) groups is 1. The van der Waals surface area contributed by atoms with Gasteiger partial charge in [-0.05, 0) is 50.3 Å². The molecule has 2 rings (SSSR count). The van der Waals surface area contributed by atoms with Crippen LogP contribution in [-0.2, 0) is 6.54 Å². The zero-order valence-electron chi connectivity index (χ0n) is 12.2. The van der Waals surface area contributed by atoms with Crippen LogP contribution in [0.15, 0.2) is 12.3 Å². The highest BCUT2D eigenvalue weighted by Gasteiger charge is 2.25. The van der Waals surface area contributed by atoms with Crippen LogP contribution < -0.4 is 5.32 Å². The third kappa shape index (κ3) is 3.48. The Morgan fingerprint density at radius 1 is 1.50 bits per heavy atom. The molecule has 1 aliphatic rings. The molecular weight excluding hydrogens is 254 g/mol. The van der Waals surface area contributed by atoms with E-state index in [1.807, 2.05) is 26.1 Å². The molecule has 20 heavy (non-hydrogen) atoms. The van der Waals surface area contributed by atoms with E-state index in [4.69, 9.17) is 0 Å². The van der Waals surface area contributed by atoms with Crippen molar-refractivity contribution in [3.8, 4) is 0 Å². The Hall–Kier alpha value is -1.62. The van der Waals surface area contributed by atoms with Gasteiger partial charge in [-0.2, -0.15) is 0 Å². The van der Waals surface area contributed by atoms with Crippen LogP contribution in [0.1, 0.15) is 36.1 Å². The normalized spacial score (nSPS) is 18.9.